The molecular formula is C17H36N2. The summed E-state index contributed by atoms with van der Waals surface area (Å²) in [6.45, 7) is 13.0. The molecule has 0 aromatic rings. The lowest BCUT2D eigenvalue weighted by atomic mass is 9.83. The molecule has 0 aromatic carbocycles. The highest BCUT2D eigenvalue weighted by Gasteiger charge is 2.28. The minimum atomic E-state index is 0.421. The lowest BCUT2D eigenvalue weighted by molar-refractivity contribution is 0.105. The van der Waals surface area contributed by atoms with E-state index in [9.17, 15) is 0 Å². The quantitative estimate of drug-likeness (QED) is 0.671. The lowest BCUT2D eigenvalue weighted by Gasteiger charge is -2.40. The zero-order chi connectivity index (χ0) is 14.3. The fraction of sp³-hybridized carbons (Fsp3) is 1.00. The molecule has 0 heterocycles. The highest BCUT2D eigenvalue weighted by molar-refractivity contribution is 4.84. The maximum absolute atomic E-state index is 3.62. The van der Waals surface area contributed by atoms with Crippen molar-refractivity contribution in [2.45, 2.75) is 72.3 Å². The standard InChI is InChI=1S/C17H36N2/c1-6-11-18-13-17(4,7-2)14-19(5)16-10-8-9-15(3)12-16/h15-16,18H,6-14H2,1-5H3. The van der Waals surface area contributed by atoms with Crippen molar-refractivity contribution in [2.75, 3.05) is 26.7 Å². The van der Waals surface area contributed by atoms with Crippen LogP contribution < -0.4 is 5.32 Å². The van der Waals surface area contributed by atoms with Gasteiger partial charge in [-0.25, -0.2) is 0 Å². The van der Waals surface area contributed by atoms with Crippen molar-refractivity contribution in [3.8, 4) is 0 Å². The van der Waals surface area contributed by atoms with Gasteiger partial charge in [-0.05, 0) is 50.6 Å². The van der Waals surface area contributed by atoms with Gasteiger partial charge in [0, 0.05) is 19.1 Å². The van der Waals surface area contributed by atoms with E-state index in [0.717, 1.165) is 25.0 Å². The zero-order valence-corrected chi connectivity index (χ0v) is 14.0. The van der Waals surface area contributed by atoms with Gasteiger partial charge in [-0.1, -0.05) is 40.5 Å². The Bertz CT molecular complexity index is 241. The van der Waals surface area contributed by atoms with E-state index in [0.29, 0.717) is 5.41 Å². The van der Waals surface area contributed by atoms with Crippen LogP contribution in [-0.2, 0) is 0 Å². The van der Waals surface area contributed by atoms with E-state index in [2.05, 4.69) is 45.0 Å². The third-order valence-electron chi connectivity index (χ3n) is 5.00. The summed E-state index contributed by atoms with van der Waals surface area (Å²) in [5, 5.41) is 3.62. The normalized spacial score (nSPS) is 27.5. The molecule has 1 saturated carbocycles. The molecule has 3 atom stereocenters. The number of hydrogen-bond acceptors (Lipinski definition) is 2. The first-order valence-corrected chi connectivity index (χ1v) is 8.41. The molecule has 1 fully saturated rings. The summed E-state index contributed by atoms with van der Waals surface area (Å²) >= 11 is 0. The molecule has 114 valence electrons. The molecule has 0 aromatic heterocycles. The van der Waals surface area contributed by atoms with E-state index in [4.69, 9.17) is 0 Å². The molecule has 0 amide bonds. The predicted molar refractivity (Wildman–Crippen MR) is 85.6 cm³/mol. The van der Waals surface area contributed by atoms with E-state index in [1.165, 1.54) is 45.1 Å². The second-order valence-electron chi connectivity index (χ2n) is 7.18. The first-order valence-electron chi connectivity index (χ1n) is 8.41. The molecule has 0 saturated heterocycles. The Morgan fingerprint density at radius 3 is 2.58 bits per heavy atom. The maximum Gasteiger partial charge on any atom is 0.00949 e. The van der Waals surface area contributed by atoms with Crippen molar-refractivity contribution in [3.05, 3.63) is 0 Å². The minimum Gasteiger partial charge on any atom is -0.316 e. The summed E-state index contributed by atoms with van der Waals surface area (Å²) < 4.78 is 0. The molecule has 0 bridgehead atoms. The Morgan fingerprint density at radius 1 is 1.26 bits per heavy atom. The molecule has 0 spiro atoms. The summed E-state index contributed by atoms with van der Waals surface area (Å²) in [4.78, 5) is 2.65. The molecule has 0 radical (unpaired) electrons. The summed E-state index contributed by atoms with van der Waals surface area (Å²) in [5.41, 5.74) is 0.421. The van der Waals surface area contributed by atoms with E-state index in [-0.39, 0.29) is 0 Å². The largest absolute Gasteiger partial charge is 0.316 e. The van der Waals surface area contributed by atoms with Gasteiger partial charge in [-0.3, -0.25) is 0 Å². The fourth-order valence-electron chi connectivity index (χ4n) is 3.39. The van der Waals surface area contributed by atoms with Gasteiger partial charge in [-0.15, -0.1) is 0 Å². The van der Waals surface area contributed by atoms with Crippen molar-refractivity contribution in [1.29, 1.82) is 0 Å². The van der Waals surface area contributed by atoms with E-state index in [1.807, 2.05) is 0 Å². The first kappa shape index (κ1) is 17.0. The molecule has 1 rings (SSSR count). The van der Waals surface area contributed by atoms with Crippen LogP contribution in [-0.4, -0.2) is 37.6 Å². The van der Waals surface area contributed by atoms with Gasteiger partial charge in [0.2, 0.25) is 0 Å². The molecule has 2 heteroatoms. The Morgan fingerprint density at radius 2 is 2.00 bits per heavy atom. The van der Waals surface area contributed by atoms with Gasteiger partial charge in [0.05, 0.1) is 0 Å². The van der Waals surface area contributed by atoms with Crippen LogP contribution in [0.3, 0.4) is 0 Å². The minimum absolute atomic E-state index is 0.421. The number of nitrogens with zero attached hydrogens (tertiary/aromatic N) is 1. The van der Waals surface area contributed by atoms with Gasteiger partial charge >= 0.3 is 0 Å². The second-order valence-corrected chi connectivity index (χ2v) is 7.18. The van der Waals surface area contributed by atoms with Crippen molar-refractivity contribution in [3.63, 3.8) is 0 Å². The van der Waals surface area contributed by atoms with Gasteiger partial charge in [0.15, 0.2) is 0 Å². The van der Waals surface area contributed by atoms with Crippen LogP contribution in [0.15, 0.2) is 0 Å². The van der Waals surface area contributed by atoms with Gasteiger partial charge in [-0.2, -0.15) is 0 Å². The Kier molecular flexibility index (Phi) is 7.38. The van der Waals surface area contributed by atoms with Crippen molar-refractivity contribution < 1.29 is 0 Å². The molecule has 19 heavy (non-hydrogen) atoms. The monoisotopic (exact) mass is 268 g/mol. The molecule has 0 aliphatic heterocycles. The third kappa shape index (κ3) is 5.83. The first-order chi connectivity index (χ1) is 9.00. The van der Waals surface area contributed by atoms with E-state index < -0.39 is 0 Å². The second kappa shape index (κ2) is 8.26. The summed E-state index contributed by atoms with van der Waals surface area (Å²) in [6.07, 6.45) is 8.16. The molecule has 1 aliphatic rings. The Labute approximate surface area is 121 Å². The zero-order valence-electron chi connectivity index (χ0n) is 14.0. The van der Waals surface area contributed by atoms with Crippen molar-refractivity contribution in [2.24, 2.45) is 11.3 Å². The average Bonchev–Trinajstić information content (AvgIpc) is 2.39. The van der Waals surface area contributed by atoms with Crippen LogP contribution in [0, 0.1) is 11.3 Å². The number of nitrogens with one attached hydrogen (secondary N) is 1. The smallest absolute Gasteiger partial charge is 0.00949 e. The third-order valence-corrected chi connectivity index (χ3v) is 5.00. The Hall–Kier alpha value is -0.0800. The van der Waals surface area contributed by atoms with Crippen LogP contribution in [0.5, 0.6) is 0 Å². The SMILES string of the molecule is CCCNCC(C)(CC)CN(C)C1CCCC(C)C1. The number of hydrogen-bond donors (Lipinski definition) is 1. The van der Waals surface area contributed by atoms with Gasteiger partial charge in [0.1, 0.15) is 0 Å². The maximum atomic E-state index is 3.62. The Balaban J connectivity index is 2.44. The molecule has 3 unspecified atom stereocenters. The molecule has 2 nitrogen and oxygen atoms in total. The summed E-state index contributed by atoms with van der Waals surface area (Å²) in [6, 6.07) is 0.820. The summed E-state index contributed by atoms with van der Waals surface area (Å²) in [7, 11) is 2.34. The lowest BCUT2D eigenvalue weighted by Crippen LogP contribution is -2.45. The highest BCUT2D eigenvalue weighted by atomic mass is 15.1. The predicted octanol–water partition coefficient (Wildman–Crippen LogP) is 3.91. The van der Waals surface area contributed by atoms with E-state index >= 15 is 0 Å². The summed E-state index contributed by atoms with van der Waals surface area (Å²) in [5.74, 6) is 0.923. The topological polar surface area (TPSA) is 15.3 Å². The van der Waals surface area contributed by atoms with Gasteiger partial charge < -0.3 is 10.2 Å². The van der Waals surface area contributed by atoms with Crippen LogP contribution in [0.1, 0.15) is 66.2 Å². The van der Waals surface area contributed by atoms with Crippen molar-refractivity contribution in [1.82, 2.24) is 10.2 Å². The van der Waals surface area contributed by atoms with Crippen LogP contribution in [0.25, 0.3) is 0 Å². The van der Waals surface area contributed by atoms with Crippen LogP contribution in [0.4, 0.5) is 0 Å². The average molecular weight is 268 g/mol. The van der Waals surface area contributed by atoms with Crippen LogP contribution >= 0.6 is 0 Å². The van der Waals surface area contributed by atoms with Gasteiger partial charge in [0.25, 0.3) is 0 Å². The van der Waals surface area contributed by atoms with E-state index in [1.54, 1.807) is 0 Å². The highest BCUT2D eigenvalue weighted by Crippen LogP contribution is 2.29. The molecule has 1 N–H and O–H groups in total. The molecular weight excluding hydrogens is 232 g/mol. The van der Waals surface area contributed by atoms with Crippen LogP contribution in [0.2, 0.25) is 0 Å². The molecule has 1 aliphatic carbocycles. The fourth-order valence-corrected chi connectivity index (χ4v) is 3.39. The number of rotatable bonds is 8. The van der Waals surface area contributed by atoms with Crippen molar-refractivity contribution >= 4 is 0 Å².